The fraction of sp³-hybridized carbons (Fsp3) is 0.417. The summed E-state index contributed by atoms with van der Waals surface area (Å²) in [5, 5.41) is 9.63. The first-order valence-electron chi connectivity index (χ1n) is 10.6. The molecule has 4 rings (SSSR count). The van der Waals surface area contributed by atoms with Gasteiger partial charge in [-0.3, -0.25) is 0 Å². The first-order chi connectivity index (χ1) is 15.4. The van der Waals surface area contributed by atoms with Gasteiger partial charge in [0.1, 0.15) is 11.5 Å². The number of oxazole rings is 1. The summed E-state index contributed by atoms with van der Waals surface area (Å²) in [5.41, 5.74) is 2.66. The zero-order chi connectivity index (χ0) is 22.7. The second kappa shape index (κ2) is 9.44. The number of aromatic nitrogens is 1. The summed E-state index contributed by atoms with van der Waals surface area (Å²) in [6, 6.07) is 9.70. The van der Waals surface area contributed by atoms with Gasteiger partial charge in [0.25, 0.3) is 5.79 Å². The zero-order valence-corrected chi connectivity index (χ0v) is 19.3. The monoisotopic (exact) mass is 457 g/mol. The molecule has 1 aliphatic heterocycles. The molecule has 1 aromatic carbocycles. The predicted molar refractivity (Wildman–Crippen MR) is 120 cm³/mol. The highest BCUT2D eigenvalue weighted by atomic mass is 32.1. The van der Waals surface area contributed by atoms with Crippen LogP contribution >= 0.6 is 11.3 Å². The van der Waals surface area contributed by atoms with E-state index in [-0.39, 0.29) is 6.42 Å². The van der Waals surface area contributed by atoms with Crippen LogP contribution in [0, 0.1) is 20.8 Å². The Morgan fingerprint density at radius 2 is 1.97 bits per heavy atom. The third-order valence-corrected chi connectivity index (χ3v) is 6.46. The van der Waals surface area contributed by atoms with Gasteiger partial charge in [-0.1, -0.05) is 6.07 Å². The third-order valence-electron chi connectivity index (χ3n) is 5.47. The van der Waals surface area contributed by atoms with Crippen LogP contribution in [0.15, 0.2) is 34.7 Å². The number of thiophene rings is 1. The van der Waals surface area contributed by atoms with Crippen molar-refractivity contribution in [1.82, 2.24) is 4.98 Å². The highest BCUT2D eigenvalue weighted by molar-refractivity contribution is 7.15. The molecule has 7 nitrogen and oxygen atoms in total. The van der Waals surface area contributed by atoms with Crippen molar-refractivity contribution in [3.63, 3.8) is 0 Å². The molecule has 8 heteroatoms. The molecule has 0 spiro atoms. The van der Waals surface area contributed by atoms with E-state index < -0.39 is 11.8 Å². The Morgan fingerprint density at radius 3 is 2.62 bits per heavy atom. The van der Waals surface area contributed by atoms with Crippen molar-refractivity contribution in [3.8, 4) is 16.5 Å². The van der Waals surface area contributed by atoms with E-state index in [1.165, 1.54) is 4.88 Å². The number of aliphatic carboxylic acids is 1. The molecule has 0 amide bonds. The first kappa shape index (κ1) is 22.5. The molecule has 1 N–H and O–H groups in total. The van der Waals surface area contributed by atoms with Gasteiger partial charge in [0.15, 0.2) is 0 Å². The van der Waals surface area contributed by atoms with E-state index in [4.69, 9.17) is 18.6 Å². The van der Waals surface area contributed by atoms with Crippen molar-refractivity contribution < 1.29 is 28.5 Å². The first-order valence-corrected chi connectivity index (χ1v) is 11.4. The van der Waals surface area contributed by atoms with E-state index in [1.54, 1.807) is 11.3 Å². The molecule has 0 bridgehead atoms. The summed E-state index contributed by atoms with van der Waals surface area (Å²) in [5.74, 6) is -0.550. The van der Waals surface area contributed by atoms with Crippen LogP contribution < -0.4 is 4.74 Å². The van der Waals surface area contributed by atoms with Crippen molar-refractivity contribution in [2.24, 2.45) is 0 Å². The topological polar surface area (TPSA) is 91.0 Å². The molecule has 3 aromatic rings. The summed E-state index contributed by atoms with van der Waals surface area (Å²) in [7, 11) is 0. The largest absolute Gasteiger partial charge is 0.493 e. The van der Waals surface area contributed by atoms with Crippen molar-refractivity contribution in [1.29, 1.82) is 0 Å². The van der Waals surface area contributed by atoms with Gasteiger partial charge in [-0.25, -0.2) is 9.78 Å². The van der Waals surface area contributed by atoms with Crippen LogP contribution in [0.3, 0.4) is 0 Å². The van der Waals surface area contributed by atoms with E-state index in [0.29, 0.717) is 38.6 Å². The summed E-state index contributed by atoms with van der Waals surface area (Å²) < 4.78 is 22.8. The molecular weight excluding hydrogens is 430 g/mol. The number of carboxylic acids is 1. The number of carboxylic acid groups (broad SMARTS) is 1. The van der Waals surface area contributed by atoms with Crippen LogP contribution in [0.2, 0.25) is 0 Å². The molecule has 0 saturated carbocycles. The van der Waals surface area contributed by atoms with Crippen LogP contribution in [0.4, 0.5) is 0 Å². The van der Waals surface area contributed by atoms with Gasteiger partial charge in [0.2, 0.25) is 5.89 Å². The maximum Gasteiger partial charge on any atom is 0.364 e. The molecule has 2 aromatic heterocycles. The van der Waals surface area contributed by atoms with Gasteiger partial charge in [0.05, 0.1) is 30.4 Å². The Hall–Kier alpha value is -2.68. The number of hydrogen-bond donors (Lipinski definition) is 1. The molecule has 170 valence electrons. The highest BCUT2D eigenvalue weighted by Crippen LogP contribution is 2.30. The van der Waals surface area contributed by atoms with Crippen LogP contribution in [0.5, 0.6) is 5.75 Å². The maximum absolute atomic E-state index is 11.8. The number of nitrogens with zero attached hydrogens (tertiary/aromatic N) is 1. The lowest BCUT2D eigenvalue weighted by Gasteiger charge is -2.33. The number of aryl methyl sites for hydroxylation is 3. The van der Waals surface area contributed by atoms with Crippen molar-refractivity contribution >= 4 is 17.3 Å². The minimum Gasteiger partial charge on any atom is -0.493 e. The lowest BCUT2D eigenvalue weighted by Crippen LogP contribution is -2.49. The van der Waals surface area contributed by atoms with Crippen molar-refractivity contribution in [2.45, 2.75) is 45.8 Å². The standard InChI is InChI=1S/C24H27NO6S/c1-15-13-19(7-6-18(15)14-24(23(26)27)29-10-4-11-30-24)28-12-9-20-17(3)31-22(25-20)21-8-5-16(2)32-21/h5-8,13H,4,9-12,14H2,1-3H3,(H,26,27). The van der Waals surface area contributed by atoms with E-state index in [1.807, 2.05) is 38.1 Å². The van der Waals surface area contributed by atoms with Gasteiger partial charge >= 0.3 is 5.97 Å². The van der Waals surface area contributed by atoms with Crippen LogP contribution in [-0.4, -0.2) is 41.7 Å². The smallest absolute Gasteiger partial charge is 0.364 e. The van der Waals surface area contributed by atoms with Crippen molar-refractivity contribution in [3.05, 3.63) is 57.8 Å². The van der Waals surface area contributed by atoms with Crippen LogP contribution in [-0.2, 0) is 27.1 Å². The second-order valence-electron chi connectivity index (χ2n) is 7.90. The Morgan fingerprint density at radius 1 is 1.19 bits per heavy atom. The third kappa shape index (κ3) is 4.87. The van der Waals surface area contributed by atoms with Crippen LogP contribution in [0.25, 0.3) is 10.8 Å². The summed E-state index contributed by atoms with van der Waals surface area (Å²) in [4.78, 5) is 18.6. The minimum absolute atomic E-state index is 0.150. The summed E-state index contributed by atoms with van der Waals surface area (Å²) in [6.45, 7) is 7.11. The minimum atomic E-state index is -1.62. The number of hydrogen-bond acceptors (Lipinski definition) is 7. The average Bonchev–Trinajstić information content (AvgIpc) is 3.36. The fourth-order valence-corrected chi connectivity index (χ4v) is 4.46. The average molecular weight is 458 g/mol. The Bertz CT molecular complexity index is 1100. The molecule has 1 aliphatic rings. The Labute approximate surface area is 191 Å². The normalized spacial score (nSPS) is 15.6. The fourth-order valence-electron chi connectivity index (χ4n) is 3.66. The molecule has 32 heavy (non-hydrogen) atoms. The Kier molecular flexibility index (Phi) is 6.64. The van der Waals surface area contributed by atoms with E-state index >= 15 is 0 Å². The number of carbonyl (C=O) groups is 1. The molecule has 1 saturated heterocycles. The van der Waals surface area contributed by atoms with Gasteiger partial charge in [-0.2, -0.15) is 0 Å². The predicted octanol–water partition coefficient (Wildman–Crippen LogP) is 4.71. The molecule has 0 atom stereocenters. The molecule has 3 heterocycles. The number of benzene rings is 1. The Balaban J connectivity index is 1.37. The van der Waals surface area contributed by atoms with E-state index in [0.717, 1.165) is 33.2 Å². The van der Waals surface area contributed by atoms with Gasteiger partial charge < -0.3 is 23.7 Å². The van der Waals surface area contributed by atoms with Gasteiger partial charge in [0, 0.05) is 17.7 Å². The second-order valence-corrected chi connectivity index (χ2v) is 9.19. The SMILES string of the molecule is Cc1ccc(-c2nc(CCOc3ccc(CC4(C(=O)O)OCCCO4)c(C)c3)c(C)o2)s1. The lowest BCUT2D eigenvalue weighted by molar-refractivity contribution is -0.265. The summed E-state index contributed by atoms with van der Waals surface area (Å²) in [6.07, 6.45) is 1.47. The highest BCUT2D eigenvalue weighted by Gasteiger charge is 2.43. The van der Waals surface area contributed by atoms with E-state index in [2.05, 4.69) is 18.0 Å². The zero-order valence-electron chi connectivity index (χ0n) is 18.5. The lowest BCUT2D eigenvalue weighted by atomic mass is 9.99. The molecule has 0 radical (unpaired) electrons. The van der Waals surface area contributed by atoms with Crippen LogP contribution in [0.1, 0.15) is 33.9 Å². The molecular formula is C24H27NO6S. The quantitative estimate of drug-likeness (QED) is 0.524. The van der Waals surface area contributed by atoms with Gasteiger partial charge in [-0.05, 0) is 62.6 Å². The van der Waals surface area contributed by atoms with Crippen molar-refractivity contribution in [2.75, 3.05) is 19.8 Å². The van der Waals surface area contributed by atoms with Gasteiger partial charge in [-0.15, -0.1) is 11.3 Å². The molecule has 1 fully saturated rings. The number of rotatable bonds is 8. The number of ether oxygens (including phenoxy) is 3. The summed E-state index contributed by atoms with van der Waals surface area (Å²) >= 11 is 1.66. The molecule has 0 unspecified atom stereocenters. The maximum atomic E-state index is 11.8. The van der Waals surface area contributed by atoms with E-state index in [9.17, 15) is 9.90 Å². The molecule has 0 aliphatic carbocycles.